The van der Waals surface area contributed by atoms with E-state index >= 15 is 0 Å². The third-order valence-electron chi connectivity index (χ3n) is 4.11. The van der Waals surface area contributed by atoms with Crippen LogP contribution in [0.15, 0.2) is 41.4 Å². The van der Waals surface area contributed by atoms with Crippen molar-refractivity contribution in [2.45, 2.75) is 4.90 Å². The zero-order chi connectivity index (χ0) is 18.9. The Hall–Kier alpha value is -1.09. The molecule has 1 aliphatic rings. The van der Waals surface area contributed by atoms with Crippen LogP contribution in [-0.4, -0.2) is 49.1 Å². The lowest BCUT2D eigenvalue weighted by molar-refractivity contribution is -0.0272. The number of rotatable bonds is 6. The Morgan fingerprint density at radius 1 is 1.19 bits per heavy atom. The van der Waals surface area contributed by atoms with E-state index in [2.05, 4.69) is 4.98 Å². The first-order valence-corrected chi connectivity index (χ1v) is 10.1. The summed E-state index contributed by atoms with van der Waals surface area (Å²) in [6.07, 6.45) is 1.50. The van der Waals surface area contributed by atoms with Crippen LogP contribution in [0.2, 0.25) is 15.2 Å². The lowest BCUT2D eigenvalue weighted by Gasteiger charge is -2.47. The Bertz CT molecular complexity index is 917. The van der Waals surface area contributed by atoms with Crippen LogP contribution < -0.4 is 4.74 Å². The molecule has 1 N–H and O–H groups in total. The molecule has 0 amide bonds. The molecule has 0 saturated carbocycles. The zero-order valence-electron chi connectivity index (χ0n) is 13.4. The molecule has 2 aromatic rings. The Labute approximate surface area is 166 Å². The Morgan fingerprint density at radius 3 is 2.54 bits per heavy atom. The van der Waals surface area contributed by atoms with E-state index in [0.29, 0.717) is 10.8 Å². The molecular weight excluding hydrogens is 423 g/mol. The quantitative estimate of drug-likeness (QED) is 0.703. The molecule has 0 atom stereocenters. The summed E-state index contributed by atoms with van der Waals surface area (Å²) in [5.41, 5.74) is -0.693. The van der Waals surface area contributed by atoms with Crippen molar-refractivity contribution < 1.29 is 18.3 Å². The van der Waals surface area contributed by atoms with Crippen LogP contribution in [0.5, 0.6) is 5.75 Å². The number of aromatic nitrogens is 1. The van der Waals surface area contributed by atoms with Gasteiger partial charge in [0.1, 0.15) is 15.8 Å². The average molecular weight is 438 g/mol. The summed E-state index contributed by atoms with van der Waals surface area (Å²) in [4.78, 5) is 3.84. The largest absolute Gasteiger partial charge is 0.493 e. The Morgan fingerprint density at radius 2 is 1.92 bits per heavy atom. The van der Waals surface area contributed by atoms with Gasteiger partial charge < -0.3 is 9.84 Å². The molecule has 1 fully saturated rings. The minimum absolute atomic E-state index is 0.0167. The summed E-state index contributed by atoms with van der Waals surface area (Å²) in [5.74, 6) is 0.500. The van der Waals surface area contributed by atoms with Crippen molar-refractivity contribution in [1.29, 1.82) is 0 Å². The number of nitrogens with zero attached hydrogens (tertiary/aromatic N) is 2. The highest BCUT2D eigenvalue weighted by atomic mass is 35.5. The summed E-state index contributed by atoms with van der Waals surface area (Å²) >= 11 is 17.6. The van der Waals surface area contributed by atoms with Gasteiger partial charge in [-0.05, 0) is 24.3 Å². The number of sulfonamides is 1. The fourth-order valence-corrected chi connectivity index (χ4v) is 5.22. The number of ether oxygens (including phenoxy) is 1. The second-order valence-corrected chi connectivity index (χ2v) is 9.25. The Kier molecular flexibility index (Phi) is 5.67. The topological polar surface area (TPSA) is 79.7 Å². The van der Waals surface area contributed by atoms with E-state index in [1.807, 2.05) is 0 Å². The average Bonchev–Trinajstić information content (AvgIpc) is 2.53. The first kappa shape index (κ1) is 19.7. The van der Waals surface area contributed by atoms with Crippen LogP contribution in [0.1, 0.15) is 0 Å². The number of hydrogen-bond acceptors (Lipinski definition) is 5. The van der Waals surface area contributed by atoms with Gasteiger partial charge in [0.2, 0.25) is 10.0 Å². The third kappa shape index (κ3) is 3.93. The lowest BCUT2D eigenvalue weighted by atomic mass is 9.83. The molecule has 1 aliphatic heterocycles. The predicted molar refractivity (Wildman–Crippen MR) is 99.5 cm³/mol. The number of benzene rings is 1. The molecule has 6 nitrogen and oxygen atoms in total. The summed E-state index contributed by atoms with van der Waals surface area (Å²) in [6, 6.07) is 7.40. The van der Waals surface area contributed by atoms with Gasteiger partial charge in [0.25, 0.3) is 0 Å². The standard InChI is InChI=1S/C16H15Cl3N2O4S/c17-11-1-2-14(13(18)5-11)26(23,24)21-7-16(8-21,9-22)10-25-12-3-4-20-15(19)6-12/h1-6,22H,7-10H2. The highest BCUT2D eigenvalue weighted by Crippen LogP contribution is 2.37. The van der Waals surface area contributed by atoms with Crippen molar-refractivity contribution in [3.8, 4) is 5.75 Å². The van der Waals surface area contributed by atoms with Gasteiger partial charge >= 0.3 is 0 Å². The summed E-state index contributed by atoms with van der Waals surface area (Å²) in [6.45, 7) is 0.156. The molecule has 1 aromatic heterocycles. The molecule has 0 bridgehead atoms. The third-order valence-corrected chi connectivity index (χ3v) is 6.83. The van der Waals surface area contributed by atoms with Crippen LogP contribution in [0.4, 0.5) is 0 Å². The fraction of sp³-hybridized carbons (Fsp3) is 0.312. The number of aliphatic hydroxyl groups is 1. The lowest BCUT2D eigenvalue weighted by Crippen LogP contribution is -2.62. The molecule has 1 saturated heterocycles. The van der Waals surface area contributed by atoms with Crippen molar-refractivity contribution >= 4 is 44.8 Å². The van der Waals surface area contributed by atoms with E-state index in [0.717, 1.165) is 0 Å². The summed E-state index contributed by atoms with van der Waals surface area (Å²) in [7, 11) is -3.78. The second-order valence-electron chi connectivity index (χ2n) is 6.11. The maximum atomic E-state index is 12.7. The minimum Gasteiger partial charge on any atom is -0.493 e. The fourth-order valence-electron chi connectivity index (χ4n) is 2.64. The molecule has 3 rings (SSSR count). The molecule has 0 spiro atoms. The smallest absolute Gasteiger partial charge is 0.244 e. The van der Waals surface area contributed by atoms with E-state index in [1.165, 1.54) is 28.7 Å². The molecule has 10 heteroatoms. The van der Waals surface area contributed by atoms with Crippen molar-refractivity contribution in [3.05, 3.63) is 51.7 Å². The molecule has 1 aromatic carbocycles. The monoisotopic (exact) mass is 436 g/mol. The van der Waals surface area contributed by atoms with Gasteiger partial charge in [-0.1, -0.05) is 34.8 Å². The minimum atomic E-state index is -3.78. The highest BCUT2D eigenvalue weighted by Gasteiger charge is 2.49. The predicted octanol–water partition coefficient (Wildman–Crippen LogP) is 3.10. The van der Waals surface area contributed by atoms with E-state index in [1.54, 1.807) is 12.1 Å². The SMILES string of the molecule is O=S(=O)(c1ccc(Cl)cc1Cl)N1CC(CO)(COc2ccnc(Cl)c2)C1. The van der Waals surface area contributed by atoms with E-state index in [-0.39, 0.29) is 41.4 Å². The van der Waals surface area contributed by atoms with Gasteiger partial charge in [-0.25, -0.2) is 13.4 Å². The van der Waals surface area contributed by atoms with Crippen molar-refractivity contribution in [1.82, 2.24) is 9.29 Å². The van der Waals surface area contributed by atoms with Gasteiger partial charge in [0, 0.05) is 30.4 Å². The molecule has 0 aliphatic carbocycles. The highest BCUT2D eigenvalue weighted by molar-refractivity contribution is 7.89. The first-order valence-electron chi connectivity index (χ1n) is 7.56. The second kappa shape index (κ2) is 7.50. The molecule has 140 valence electrons. The van der Waals surface area contributed by atoms with Crippen molar-refractivity contribution in [2.24, 2.45) is 5.41 Å². The Balaban J connectivity index is 1.70. The number of pyridine rings is 1. The van der Waals surface area contributed by atoms with Crippen LogP contribution in [0, 0.1) is 5.41 Å². The normalized spacial score (nSPS) is 16.9. The maximum Gasteiger partial charge on any atom is 0.244 e. The number of hydrogen-bond donors (Lipinski definition) is 1. The number of aliphatic hydroxyl groups excluding tert-OH is 1. The molecule has 2 heterocycles. The summed E-state index contributed by atoms with van der Waals surface area (Å²) < 4.78 is 32.3. The van der Waals surface area contributed by atoms with Gasteiger partial charge in [0.15, 0.2) is 0 Å². The number of halogens is 3. The van der Waals surface area contributed by atoms with Gasteiger partial charge in [0.05, 0.1) is 23.7 Å². The van der Waals surface area contributed by atoms with Crippen molar-refractivity contribution in [3.63, 3.8) is 0 Å². The van der Waals surface area contributed by atoms with Crippen LogP contribution in [0.25, 0.3) is 0 Å². The van der Waals surface area contributed by atoms with Gasteiger partial charge in [-0.2, -0.15) is 4.31 Å². The van der Waals surface area contributed by atoms with Gasteiger partial charge in [-0.3, -0.25) is 0 Å². The van der Waals surface area contributed by atoms with E-state index in [9.17, 15) is 13.5 Å². The molecule has 0 radical (unpaired) electrons. The van der Waals surface area contributed by atoms with Crippen molar-refractivity contribution in [2.75, 3.05) is 26.3 Å². The van der Waals surface area contributed by atoms with Crippen LogP contribution in [0.3, 0.4) is 0 Å². The van der Waals surface area contributed by atoms with Gasteiger partial charge in [-0.15, -0.1) is 0 Å². The van der Waals surface area contributed by atoms with Crippen LogP contribution in [-0.2, 0) is 10.0 Å². The summed E-state index contributed by atoms with van der Waals surface area (Å²) in [5, 5.41) is 10.4. The molecular formula is C16H15Cl3N2O4S. The molecule has 0 unspecified atom stereocenters. The van der Waals surface area contributed by atoms with E-state index in [4.69, 9.17) is 39.5 Å². The van der Waals surface area contributed by atoms with E-state index < -0.39 is 15.4 Å². The zero-order valence-corrected chi connectivity index (χ0v) is 16.5. The first-order chi connectivity index (χ1) is 12.3. The van der Waals surface area contributed by atoms with Crippen LogP contribution >= 0.6 is 34.8 Å². The maximum absolute atomic E-state index is 12.7. The molecule has 26 heavy (non-hydrogen) atoms.